The fourth-order valence-corrected chi connectivity index (χ4v) is 3.22. The van der Waals surface area contributed by atoms with E-state index < -0.39 is 10.8 Å². The molecule has 4 nitrogen and oxygen atoms in total. The molecule has 0 bridgehead atoms. The normalized spacial score (nSPS) is 12.9. The summed E-state index contributed by atoms with van der Waals surface area (Å²) in [5, 5.41) is 0.642. The summed E-state index contributed by atoms with van der Waals surface area (Å²) < 4.78 is 19.2. The predicted octanol–water partition coefficient (Wildman–Crippen LogP) is 3.20. The summed E-state index contributed by atoms with van der Waals surface area (Å²) in [5.74, 6) is 1.05. The molecular formula is C13H11ClN2O2S. The van der Waals surface area contributed by atoms with Gasteiger partial charge in [0, 0.05) is 12.4 Å². The van der Waals surface area contributed by atoms with Gasteiger partial charge in [0.25, 0.3) is 0 Å². The zero-order valence-electron chi connectivity index (χ0n) is 10.2. The average molecular weight is 295 g/mol. The van der Waals surface area contributed by atoms with Gasteiger partial charge in [-0.1, -0.05) is 11.6 Å². The maximum atomic E-state index is 12.2. The van der Waals surface area contributed by atoms with Gasteiger partial charge in [0.2, 0.25) is 0 Å². The van der Waals surface area contributed by atoms with Crippen LogP contribution in [-0.2, 0) is 16.6 Å². The highest BCUT2D eigenvalue weighted by Crippen LogP contribution is 2.18. The summed E-state index contributed by atoms with van der Waals surface area (Å²) in [5.41, 5.74) is 1.56. The molecule has 0 saturated heterocycles. The second kappa shape index (κ2) is 4.83. The first-order valence-electron chi connectivity index (χ1n) is 5.69. The van der Waals surface area contributed by atoms with E-state index in [4.69, 9.17) is 16.0 Å². The number of rotatable bonds is 3. The Bertz CT molecular complexity index is 763. The first kappa shape index (κ1) is 12.4. The zero-order valence-corrected chi connectivity index (χ0v) is 11.7. The number of aromatic nitrogens is 2. The van der Waals surface area contributed by atoms with E-state index in [1.807, 2.05) is 16.7 Å². The number of aryl methyl sites for hydroxylation is 1. The highest BCUT2D eigenvalue weighted by atomic mass is 35.5. The third kappa shape index (κ3) is 2.43. The molecule has 3 heterocycles. The Kier molecular flexibility index (Phi) is 3.16. The van der Waals surface area contributed by atoms with Gasteiger partial charge in [-0.05, 0) is 25.1 Å². The van der Waals surface area contributed by atoms with Gasteiger partial charge in [-0.25, -0.2) is 4.98 Å². The molecule has 98 valence electrons. The van der Waals surface area contributed by atoms with Crippen LogP contribution in [0.15, 0.2) is 46.2 Å². The van der Waals surface area contributed by atoms with Gasteiger partial charge in [0.15, 0.2) is 0 Å². The lowest BCUT2D eigenvalue weighted by molar-refractivity contribution is 0.526. The first-order chi connectivity index (χ1) is 9.13. The van der Waals surface area contributed by atoms with Crippen LogP contribution in [0.25, 0.3) is 5.65 Å². The quantitative estimate of drug-likeness (QED) is 0.745. The lowest BCUT2D eigenvalue weighted by Gasteiger charge is -1.96. The van der Waals surface area contributed by atoms with Crippen LogP contribution < -0.4 is 0 Å². The minimum absolute atomic E-state index is 0.361. The minimum atomic E-state index is -1.15. The van der Waals surface area contributed by atoms with Crippen molar-refractivity contribution in [2.45, 2.75) is 17.6 Å². The molecule has 6 heteroatoms. The van der Waals surface area contributed by atoms with Gasteiger partial charge in [0.05, 0.1) is 38.4 Å². The van der Waals surface area contributed by atoms with Gasteiger partial charge in [-0.2, -0.15) is 0 Å². The summed E-state index contributed by atoms with van der Waals surface area (Å²) in [4.78, 5) is 5.13. The molecule has 0 aromatic carbocycles. The van der Waals surface area contributed by atoms with E-state index in [-0.39, 0.29) is 0 Å². The molecule has 0 saturated carbocycles. The lowest BCUT2D eigenvalue weighted by atomic mass is 10.5. The molecule has 19 heavy (non-hydrogen) atoms. The van der Waals surface area contributed by atoms with E-state index in [2.05, 4.69) is 4.98 Å². The molecule has 0 unspecified atom stereocenters. The van der Waals surface area contributed by atoms with E-state index in [1.165, 1.54) is 0 Å². The molecule has 0 N–H and O–H groups in total. The SMILES string of the molecule is Cc1occc1[S@](=O)Cc1cn2cc(Cl)ccc2n1. The number of halogens is 1. The maximum absolute atomic E-state index is 12.2. The maximum Gasteiger partial charge on any atom is 0.137 e. The number of imidazole rings is 1. The standard InChI is InChI=1S/C13H11ClN2O2S/c1-9-12(4-5-18-9)19(17)8-11-7-16-6-10(14)2-3-13(16)15-11/h2-7H,8H2,1H3/t19-/m1/s1. The molecule has 0 radical (unpaired) electrons. The molecule has 0 fully saturated rings. The minimum Gasteiger partial charge on any atom is -0.468 e. The molecule has 0 aliphatic heterocycles. The second-order valence-corrected chi connectivity index (χ2v) is 6.03. The number of nitrogens with zero attached hydrogens (tertiary/aromatic N) is 2. The fraction of sp³-hybridized carbons (Fsp3) is 0.154. The van der Waals surface area contributed by atoms with Crippen LogP contribution >= 0.6 is 11.6 Å². The van der Waals surface area contributed by atoms with Crippen molar-refractivity contribution in [2.75, 3.05) is 0 Å². The Labute approximate surface area is 117 Å². The molecule has 3 aromatic heterocycles. The van der Waals surface area contributed by atoms with E-state index >= 15 is 0 Å². The molecule has 0 aliphatic rings. The number of hydrogen-bond donors (Lipinski definition) is 0. The zero-order chi connectivity index (χ0) is 13.4. The van der Waals surface area contributed by atoms with Gasteiger partial charge >= 0.3 is 0 Å². The smallest absolute Gasteiger partial charge is 0.137 e. The molecule has 3 rings (SSSR count). The van der Waals surface area contributed by atoms with Crippen molar-refractivity contribution in [2.24, 2.45) is 0 Å². The molecule has 3 aromatic rings. The van der Waals surface area contributed by atoms with E-state index in [9.17, 15) is 4.21 Å². The van der Waals surface area contributed by atoms with Crippen molar-refractivity contribution in [3.05, 3.63) is 53.3 Å². The van der Waals surface area contributed by atoms with Crippen LogP contribution in [-0.4, -0.2) is 13.6 Å². The van der Waals surface area contributed by atoms with Crippen molar-refractivity contribution in [3.63, 3.8) is 0 Å². The Morgan fingerprint density at radius 1 is 1.37 bits per heavy atom. The van der Waals surface area contributed by atoms with Crippen LogP contribution in [0.5, 0.6) is 0 Å². The van der Waals surface area contributed by atoms with Gasteiger partial charge < -0.3 is 8.82 Å². The van der Waals surface area contributed by atoms with E-state index in [0.717, 1.165) is 16.2 Å². The van der Waals surface area contributed by atoms with Crippen LogP contribution in [0.2, 0.25) is 5.02 Å². The number of hydrogen-bond acceptors (Lipinski definition) is 3. The number of fused-ring (bicyclic) bond motifs is 1. The third-order valence-electron chi connectivity index (χ3n) is 2.80. The summed E-state index contributed by atoms with van der Waals surface area (Å²) in [6.07, 6.45) is 5.17. The Morgan fingerprint density at radius 2 is 2.21 bits per heavy atom. The largest absolute Gasteiger partial charge is 0.468 e. The van der Waals surface area contributed by atoms with Crippen LogP contribution in [0.4, 0.5) is 0 Å². The molecule has 0 amide bonds. The highest BCUT2D eigenvalue weighted by molar-refractivity contribution is 7.84. The average Bonchev–Trinajstić information content (AvgIpc) is 2.94. The second-order valence-electron chi connectivity index (χ2n) is 4.18. The third-order valence-corrected chi connectivity index (χ3v) is 4.50. The topological polar surface area (TPSA) is 47.5 Å². The summed E-state index contributed by atoms with van der Waals surface area (Å²) in [6.45, 7) is 1.80. The van der Waals surface area contributed by atoms with Crippen LogP contribution in [0.1, 0.15) is 11.5 Å². The van der Waals surface area contributed by atoms with Crippen molar-refractivity contribution in [3.8, 4) is 0 Å². The Hall–Kier alpha value is -1.59. The van der Waals surface area contributed by atoms with Crippen LogP contribution in [0, 0.1) is 6.92 Å². The van der Waals surface area contributed by atoms with Crippen molar-refractivity contribution in [1.29, 1.82) is 0 Å². The molecule has 0 spiro atoms. The monoisotopic (exact) mass is 294 g/mol. The van der Waals surface area contributed by atoms with Gasteiger partial charge in [-0.3, -0.25) is 4.21 Å². The number of pyridine rings is 1. The van der Waals surface area contributed by atoms with E-state index in [0.29, 0.717) is 16.5 Å². The van der Waals surface area contributed by atoms with Crippen LogP contribution in [0.3, 0.4) is 0 Å². The Balaban J connectivity index is 1.89. The van der Waals surface area contributed by atoms with Crippen molar-refractivity contribution < 1.29 is 8.63 Å². The summed E-state index contributed by atoms with van der Waals surface area (Å²) in [6, 6.07) is 5.35. The predicted molar refractivity (Wildman–Crippen MR) is 73.8 cm³/mol. The van der Waals surface area contributed by atoms with E-state index in [1.54, 1.807) is 31.5 Å². The van der Waals surface area contributed by atoms with Crippen molar-refractivity contribution >= 4 is 28.0 Å². The Morgan fingerprint density at radius 3 is 2.95 bits per heavy atom. The summed E-state index contributed by atoms with van der Waals surface area (Å²) in [7, 11) is -1.15. The van der Waals surface area contributed by atoms with Gasteiger partial charge in [-0.15, -0.1) is 0 Å². The van der Waals surface area contributed by atoms with Gasteiger partial charge in [0.1, 0.15) is 11.4 Å². The van der Waals surface area contributed by atoms with Crippen molar-refractivity contribution in [1.82, 2.24) is 9.38 Å². The molecule has 0 aliphatic carbocycles. The fourth-order valence-electron chi connectivity index (χ4n) is 1.91. The first-order valence-corrected chi connectivity index (χ1v) is 7.39. The molecular weight excluding hydrogens is 284 g/mol. The summed E-state index contributed by atoms with van der Waals surface area (Å²) >= 11 is 5.91. The molecule has 1 atom stereocenters. The highest BCUT2D eigenvalue weighted by Gasteiger charge is 2.12. The number of furan rings is 1. The lowest BCUT2D eigenvalue weighted by Crippen LogP contribution is -1.96.